The second-order valence-corrected chi connectivity index (χ2v) is 20.4. The van der Waals surface area contributed by atoms with Gasteiger partial charge in [-0.2, -0.15) is 0 Å². The molecular weight excluding hydrogens is 835 g/mol. The lowest BCUT2D eigenvalue weighted by Gasteiger charge is -2.22. The number of rotatable bonds is 16. The van der Waals surface area contributed by atoms with Crippen molar-refractivity contribution in [2.24, 2.45) is 0 Å². The van der Waals surface area contributed by atoms with Crippen molar-refractivity contribution in [1.82, 2.24) is 49.5 Å². The van der Waals surface area contributed by atoms with Gasteiger partial charge in [0.25, 0.3) is 0 Å². The van der Waals surface area contributed by atoms with E-state index in [1.807, 2.05) is 36.8 Å². The quantitative estimate of drug-likeness (QED) is 0.145. The monoisotopic (exact) mass is 886 g/mol. The summed E-state index contributed by atoms with van der Waals surface area (Å²) in [6, 6.07) is 0.0536. The van der Waals surface area contributed by atoms with Crippen LogP contribution in [0.15, 0.2) is 24.8 Å². The molecule has 0 unspecified atom stereocenters. The molecule has 2 fully saturated rings. The molecule has 0 aromatic carbocycles. The van der Waals surface area contributed by atoms with Crippen LogP contribution >= 0.6 is 23.2 Å². The van der Waals surface area contributed by atoms with E-state index in [1.54, 1.807) is 13.8 Å². The summed E-state index contributed by atoms with van der Waals surface area (Å²) in [5.74, 6) is 2.69. The number of halogens is 2. The van der Waals surface area contributed by atoms with Gasteiger partial charge < -0.3 is 28.1 Å². The maximum absolute atomic E-state index is 13.2. The van der Waals surface area contributed by atoms with Crippen molar-refractivity contribution in [3.05, 3.63) is 69.8 Å². The van der Waals surface area contributed by atoms with Gasteiger partial charge in [0.1, 0.15) is 47.0 Å². The minimum atomic E-state index is -3.64. The molecule has 0 saturated carbocycles. The molecule has 58 heavy (non-hydrogen) atoms. The van der Waals surface area contributed by atoms with Crippen molar-refractivity contribution in [3.63, 3.8) is 0 Å². The molecule has 6 rings (SSSR count). The van der Waals surface area contributed by atoms with Crippen LogP contribution in [0.5, 0.6) is 0 Å². The van der Waals surface area contributed by atoms with E-state index in [1.165, 1.54) is 39.0 Å². The molecule has 0 bridgehead atoms. The van der Waals surface area contributed by atoms with Crippen LogP contribution in [0.2, 0.25) is 10.0 Å². The van der Waals surface area contributed by atoms with Crippen LogP contribution in [0.4, 0.5) is 0 Å². The third kappa shape index (κ3) is 10.7. The average molecular weight is 888 g/mol. The highest BCUT2D eigenvalue weighted by Crippen LogP contribution is 2.32. The zero-order valence-corrected chi connectivity index (χ0v) is 37.0. The summed E-state index contributed by atoms with van der Waals surface area (Å²) in [5, 5.41) is 16.0. The number of hydrogen-bond donors (Lipinski definition) is 0. The first-order valence-corrected chi connectivity index (χ1v) is 23.1. The van der Waals surface area contributed by atoms with Gasteiger partial charge in [-0.15, -0.1) is 20.4 Å². The molecule has 0 radical (unpaired) electrons. The van der Waals surface area contributed by atoms with Gasteiger partial charge in [0.05, 0.1) is 33.8 Å². The summed E-state index contributed by atoms with van der Waals surface area (Å²) >= 11 is 11.7. The highest BCUT2D eigenvalue weighted by molar-refractivity contribution is 7.91. The number of sulfone groups is 2. The van der Waals surface area contributed by atoms with Gasteiger partial charge in [0.15, 0.2) is 31.3 Å². The second-order valence-electron chi connectivity index (χ2n) is 14.9. The lowest BCUT2D eigenvalue weighted by Crippen LogP contribution is -2.30. The summed E-state index contributed by atoms with van der Waals surface area (Å²) in [6.45, 7) is 13.6. The number of ether oxygens (including phenoxy) is 4. The minimum Gasteiger partial charge on any atom is -0.381 e. The molecule has 4 aromatic heterocycles. The van der Waals surface area contributed by atoms with E-state index in [0.717, 1.165) is 24.5 Å². The van der Waals surface area contributed by atoms with E-state index in [9.17, 15) is 16.8 Å². The highest BCUT2D eigenvalue weighted by Gasteiger charge is 2.37. The predicted octanol–water partition coefficient (Wildman–Crippen LogP) is 4.99. The molecule has 0 amide bonds. The van der Waals surface area contributed by atoms with Crippen molar-refractivity contribution in [1.29, 1.82) is 0 Å². The van der Waals surface area contributed by atoms with Gasteiger partial charge >= 0.3 is 0 Å². The molecule has 6 heterocycles. The van der Waals surface area contributed by atoms with E-state index < -0.39 is 42.4 Å². The van der Waals surface area contributed by atoms with E-state index in [-0.39, 0.29) is 47.1 Å². The zero-order valence-electron chi connectivity index (χ0n) is 33.9. The first-order chi connectivity index (χ1) is 27.5. The molecule has 2 saturated heterocycles. The molecule has 22 heteroatoms. The Morgan fingerprint density at radius 3 is 1.26 bits per heavy atom. The molecule has 6 atom stereocenters. The van der Waals surface area contributed by atoms with E-state index in [0.29, 0.717) is 48.1 Å². The van der Waals surface area contributed by atoms with Gasteiger partial charge in [0, 0.05) is 76.1 Å². The largest absolute Gasteiger partial charge is 0.381 e. The number of hydrogen-bond acceptors (Lipinski definition) is 16. The third-order valence-electron chi connectivity index (χ3n) is 10.2. The van der Waals surface area contributed by atoms with Gasteiger partial charge in [-0.1, -0.05) is 23.2 Å². The Kier molecular flexibility index (Phi) is 15.7. The smallest absolute Gasteiger partial charge is 0.163 e. The summed E-state index contributed by atoms with van der Waals surface area (Å²) in [4.78, 5) is 16.5. The van der Waals surface area contributed by atoms with Crippen LogP contribution < -0.4 is 0 Å². The van der Waals surface area contributed by atoms with Gasteiger partial charge in [-0.25, -0.2) is 36.8 Å². The zero-order chi connectivity index (χ0) is 42.4. The Bertz CT molecular complexity index is 2010. The van der Waals surface area contributed by atoms with Crippen LogP contribution in [0.1, 0.15) is 125 Å². The standard InChI is InChI=1S/2C18H26ClN5O4S/c2*1-11(2)24-15(22-23-18(24)13-5-6-28-9-13)10-29(25,26)12(3)16(27-4)17-20-7-14(19)8-21-17/h2*7-8,11-13,16H,5-6,9-10H2,1-4H3/t12-,13+,16-;12-,13-,16-/m00/s1. The Morgan fingerprint density at radius 1 is 0.638 bits per heavy atom. The fraction of sp³-hybridized carbons (Fsp3) is 0.667. The Balaban J connectivity index is 0.000000221. The van der Waals surface area contributed by atoms with Crippen molar-refractivity contribution in [2.75, 3.05) is 40.6 Å². The lowest BCUT2D eigenvalue weighted by molar-refractivity contribution is 0.0947. The molecule has 2 aliphatic heterocycles. The topological polar surface area (TPSA) is 218 Å². The van der Waals surface area contributed by atoms with Crippen LogP contribution in [0.25, 0.3) is 0 Å². The molecule has 0 spiro atoms. The maximum atomic E-state index is 13.2. The number of nitrogens with zero attached hydrogens (tertiary/aromatic N) is 10. The van der Waals surface area contributed by atoms with Gasteiger partial charge in [-0.3, -0.25) is 0 Å². The summed E-state index contributed by atoms with van der Waals surface area (Å²) in [5.41, 5.74) is 0. The second kappa shape index (κ2) is 19.9. The van der Waals surface area contributed by atoms with Crippen LogP contribution in [0, 0.1) is 0 Å². The molecule has 0 aliphatic carbocycles. The van der Waals surface area contributed by atoms with E-state index in [4.69, 9.17) is 42.1 Å². The first kappa shape index (κ1) is 45.8. The van der Waals surface area contributed by atoms with Crippen LogP contribution in [-0.4, -0.2) is 117 Å². The minimum absolute atomic E-state index is 0.0268. The Hall–Kier alpha value is -3.24. The van der Waals surface area contributed by atoms with Crippen molar-refractivity contribution < 1.29 is 35.8 Å². The third-order valence-corrected chi connectivity index (χ3v) is 14.6. The van der Waals surface area contributed by atoms with Crippen LogP contribution in [0.3, 0.4) is 0 Å². The molecular formula is C36H52Cl2N10O8S2. The summed E-state index contributed by atoms with van der Waals surface area (Å²) in [6.07, 6.45) is 5.73. The molecule has 0 N–H and O–H groups in total. The molecule has 4 aromatic rings. The van der Waals surface area contributed by atoms with Gasteiger partial charge in [-0.05, 0) is 54.4 Å². The van der Waals surface area contributed by atoms with Crippen LogP contribution in [-0.2, 0) is 50.1 Å². The Morgan fingerprint density at radius 2 is 0.983 bits per heavy atom. The Labute approximate surface area is 349 Å². The maximum Gasteiger partial charge on any atom is 0.163 e. The fourth-order valence-corrected chi connectivity index (χ4v) is 10.0. The summed E-state index contributed by atoms with van der Waals surface area (Å²) < 4.78 is 78.3. The van der Waals surface area contributed by atoms with E-state index >= 15 is 0 Å². The summed E-state index contributed by atoms with van der Waals surface area (Å²) in [7, 11) is -4.42. The highest BCUT2D eigenvalue weighted by atomic mass is 35.5. The molecule has 2 aliphatic rings. The van der Waals surface area contributed by atoms with Gasteiger partial charge in [0.2, 0.25) is 0 Å². The van der Waals surface area contributed by atoms with Crippen molar-refractivity contribution in [3.8, 4) is 0 Å². The van der Waals surface area contributed by atoms with Crippen molar-refractivity contribution in [2.45, 2.75) is 113 Å². The molecule has 18 nitrogen and oxygen atoms in total. The fourth-order valence-electron chi connectivity index (χ4n) is 6.98. The lowest BCUT2D eigenvalue weighted by atomic mass is 10.1. The first-order valence-electron chi connectivity index (χ1n) is 18.9. The predicted molar refractivity (Wildman–Crippen MR) is 215 cm³/mol. The number of aromatic nitrogens is 10. The normalized spacial score (nSPS) is 19.6. The van der Waals surface area contributed by atoms with E-state index in [2.05, 4.69) is 40.3 Å². The SMILES string of the molecule is CO[C@H](c1ncc(Cl)cn1)[C@H](C)S(=O)(=O)Cc1nnc([C@@H]2CCOC2)n1C(C)C.CO[C@H](c1ncc(Cl)cn1)[C@H](C)S(=O)(=O)Cc1nnc([C@H]2CCOC2)n1C(C)C. The average Bonchev–Trinajstić information content (AvgIpc) is 4.01. The molecule has 320 valence electrons. The van der Waals surface area contributed by atoms with Crippen molar-refractivity contribution >= 4 is 42.9 Å². The number of methoxy groups -OCH3 is 2.